The van der Waals surface area contributed by atoms with E-state index in [2.05, 4.69) is 22.0 Å². The number of amides is 1. The number of hydrazone groups is 1. The van der Waals surface area contributed by atoms with Crippen LogP contribution in [0.3, 0.4) is 0 Å². The molecule has 33 heavy (non-hydrogen) atoms. The van der Waals surface area contributed by atoms with E-state index in [1.165, 1.54) is 23.6 Å². The highest BCUT2D eigenvalue weighted by molar-refractivity contribution is 5.99. The Bertz CT molecular complexity index is 987. The molecule has 1 spiro atoms. The Hall–Kier alpha value is -3.55. The first-order chi connectivity index (χ1) is 16.0. The first-order valence-corrected chi connectivity index (χ1v) is 11.1. The number of aromatic nitrogens is 1. The van der Waals surface area contributed by atoms with Crippen LogP contribution < -0.4 is 10.3 Å². The van der Waals surface area contributed by atoms with Gasteiger partial charge < -0.3 is 10.1 Å². The highest BCUT2D eigenvalue weighted by Crippen LogP contribution is 2.46. The van der Waals surface area contributed by atoms with Gasteiger partial charge in [0.15, 0.2) is 5.84 Å². The second-order valence-electron chi connectivity index (χ2n) is 7.29. The SMILES string of the molecule is C=C/C(=N\N(C)c1ccccc1F)NC=O.CC.O=C1OC2(CCCCC2)c2cnccc21. The fraction of sp³-hybridized carbons (Fsp3) is 0.360. The number of para-hydroxylation sites is 1. The van der Waals surface area contributed by atoms with Gasteiger partial charge in [0.2, 0.25) is 6.41 Å². The van der Waals surface area contributed by atoms with Crippen molar-refractivity contribution in [3.8, 4) is 0 Å². The van der Waals surface area contributed by atoms with Crippen molar-refractivity contribution in [2.24, 2.45) is 5.10 Å². The van der Waals surface area contributed by atoms with Crippen molar-refractivity contribution < 1.29 is 18.7 Å². The molecule has 1 aliphatic carbocycles. The zero-order valence-electron chi connectivity index (χ0n) is 19.4. The van der Waals surface area contributed by atoms with E-state index < -0.39 is 0 Å². The summed E-state index contributed by atoms with van der Waals surface area (Å²) in [5.74, 6) is -0.307. The van der Waals surface area contributed by atoms with Gasteiger partial charge in [-0.2, -0.15) is 5.10 Å². The number of hydrogen-bond donors (Lipinski definition) is 1. The molecule has 1 aromatic heterocycles. The molecule has 7 nitrogen and oxygen atoms in total. The van der Waals surface area contributed by atoms with Crippen molar-refractivity contribution in [1.29, 1.82) is 0 Å². The van der Waals surface area contributed by atoms with Gasteiger partial charge in [0.1, 0.15) is 11.4 Å². The molecule has 2 heterocycles. The van der Waals surface area contributed by atoms with E-state index in [0.717, 1.165) is 31.2 Å². The maximum atomic E-state index is 13.4. The fourth-order valence-corrected chi connectivity index (χ4v) is 3.84. The highest BCUT2D eigenvalue weighted by Gasteiger charge is 2.45. The number of benzene rings is 1. The van der Waals surface area contributed by atoms with Crippen LogP contribution in [-0.4, -0.2) is 30.2 Å². The highest BCUT2D eigenvalue weighted by atomic mass is 19.1. The molecule has 176 valence electrons. The zero-order valence-corrected chi connectivity index (χ0v) is 19.4. The molecule has 0 bridgehead atoms. The lowest BCUT2D eigenvalue weighted by Gasteiger charge is -2.32. The Balaban J connectivity index is 0.000000217. The molecule has 2 aliphatic rings. The smallest absolute Gasteiger partial charge is 0.339 e. The van der Waals surface area contributed by atoms with Gasteiger partial charge in [-0.15, -0.1) is 0 Å². The summed E-state index contributed by atoms with van der Waals surface area (Å²) in [5, 5.41) is 7.63. The molecule has 4 rings (SSSR count). The number of fused-ring (bicyclic) bond motifs is 2. The number of rotatable bonds is 4. The number of hydrogen-bond acceptors (Lipinski definition) is 6. The summed E-state index contributed by atoms with van der Waals surface area (Å²) in [6.45, 7) is 7.48. The molecule has 1 fully saturated rings. The monoisotopic (exact) mass is 454 g/mol. The van der Waals surface area contributed by atoms with E-state index in [0.29, 0.717) is 17.7 Å². The Morgan fingerprint density at radius 2 is 1.94 bits per heavy atom. The van der Waals surface area contributed by atoms with Crippen LogP contribution >= 0.6 is 0 Å². The molecule has 1 amide bonds. The Kier molecular flexibility index (Phi) is 9.72. The summed E-state index contributed by atoms with van der Waals surface area (Å²) in [6, 6.07) is 7.98. The molecular weight excluding hydrogens is 423 g/mol. The number of esters is 1. The van der Waals surface area contributed by atoms with E-state index in [4.69, 9.17) is 4.74 Å². The summed E-state index contributed by atoms with van der Waals surface area (Å²) < 4.78 is 18.9. The minimum atomic E-state index is -0.386. The van der Waals surface area contributed by atoms with E-state index in [-0.39, 0.29) is 23.2 Å². The van der Waals surface area contributed by atoms with Crippen LogP contribution in [-0.2, 0) is 15.1 Å². The Morgan fingerprint density at radius 1 is 1.24 bits per heavy atom. The maximum Gasteiger partial charge on any atom is 0.339 e. The minimum Gasteiger partial charge on any atom is -0.450 e. The lowest BCUT2D eigenvalue weighted by Crippen LogP contribution is -2.28. The van der Waals surface area contributed by atoms with Gasteiger partial charge in [0.05, 0.1) is 11.3 Å². The van der Waals surface area contributed by atoms with Gasteiger partial charge in [0.25, 0.3) is 0 Å². The van der Waals surface area contributed by atoms with E-state index in [1.807, 2.05) is 13.8 Å². The summed E-state index contributed by atoms with van der Waals surface area (Å²) in [6.07, 6.45) is 10.7. The number of nitrogens with one attached hydrogen (secondary N) is 1. The topological polar surface area (TPSA) is 83.9 Å². The summed E-state index contributed by atoms with van der Waals surface area (Å²) in [7, 11) is 1.58. The Morgan fingerprint density at radius 3 is 2.58 bits per heavy atom. The standard InChI is InChI=1S/C12H13NO2.C11H12FN3O.C2H6/c14-11-9-4-7-13-8-10(9)12(15-11)5-2-1-3-6-12;1-3-11(13-8-16)14-15(2)10-7-5-4-6-9(10)12;1-2/h4,7-8H,1-3,5-6H2;3-8H,1H2,2H3,(H,13,14,16);1-2H3. The van der Waals surface area contributed by atoms with Crippen molar-refractivity contribution in [3.05, 3.63) is 72.3 Å². The number of carbonyl (C=O) groups excluding carboxylic acids is 2. The van der Waals surface area contributed by atoms with Crippen LogP contribution in [0.15, 0.2) is 60.5 Å². The van der Waals surface area contributed by atoms with Gasteiger partial charge >= 0.3 is 5.97 Å². The zero-order chi connectivity index (χ0) is 24.3. The second-order valence-corrected chi connectivity index (χ2v) is 7.29. The molecule has 1 aromatic carbocycles. The molecule has 0 atom stereocenters. The number of carbonyl (C=O) groups is 2. The molecule has 0 saturated heterocycles. The maximum absolute atomic E-state index is 13.4. The molecule has 1 aliphatic heterocycles. The van der Waals surface area contributed by atoms with Crippen LogP contribution in [0.2, 0.25) is 0 Å². The molecular formula is C25H31FN4O3. The van der Waals surface area contributed by atoms with Crippen molar-refractivity contribution in [3.63, 3.8) is 0 Å². The lowest BCUT2D eigenvalue weighted by molar-refractivity contribution is -0.108. The molecule has 0 unspecified atom stereocenters. The summed E-state index contributed by atoms with van der Waals surface area (Å²) >= 11 is 0. The van der Waals surface area contributed by atoms with Gasteiger partial charge in [-0.1, -0.05) is 39.0 Å². The first-order valence-electron chi connectivity index (χ1n) is 11.1. The van der Waals surface area contributed by atoms with Crippen LogP contribution in [0.4, 0.5) is 10.1 Å². The normalized spacial score (nSPS) is 15.6. The van der Waals surface area contributed by atoms with Crippen LogP contribution in [0.5, 0.6) is 0 Å². The molecule has 1 saturated carbocycles. The number of anilines is 1. The van der Waals surface area contributed by atoms with Gasteiger partial charge in [-0.3, -0.25) is 14.8 Å². The fourth-order valence-electron chi connectivity index (χ4n) is 3.84. The van der Waals surface area contributed by atoms with E-state index in [1.54, 1.807) is 43.7 Å². The number of nitrogens with zero attached hydrogens (tertiary/aromatic N) is 3. The largest absolute Gasteiger partial charge is 0.450 e. The van der Waals surface area contributed by atoms with Crippen molar-refractivity contribution in [2.45, 2.75) is 51.6 Å². The van der Waals surface area contributed by atoms with Crippen molar-refractivity contribution in [1.82, 2.24) is 10.3 Å². The average Bonchev–Trinajstić information content (AvgIpc) is 3.12. The molecule has 1 N–H and O–H groups in total. The predicted octanol–water partition coefficient (Wildman–Crippen LogP) is 4.95. The number of amidine groups is 1. The number of ether oxygens (including phenoxy) is 1. The van der Waals surface area contributed by atoms with Crippen LogP contribution in [0.1, 0.15) is 61.9 Å². The van der Waals surface area contributed by atoms with Gasteiger partial charge in [-0.05, 0) is 50.0 Å². The van der Waals surface area contributed by atoms with E-state index in [9.17, 15) is 14.0 Å². The van der Waals surface area contributed by atoms with Gasteiger partial charge in [0, 0.05) is 25.0 Å². The average molecular weight is 455 g/mol. The minimum absolute atomic E-state index is 0.172. The van der Waals surface area contributed by atoms with Crippen molar-refractivity contribution >= 4 is 23.9 Å². The van der Waals surface area contributed by atoms with Crippen LogP contribution in [0.25, 0.3) is 0 Å². The van der Waals surface area contributed by atoms with Gasteiger partial charge in [-0.25, -0.2) is 9.18 Å². The quantitative estimate of drug-likeness (QED) is 0.232. The summed E-state index contributed by atoms with van der Waals surface area (Å²) in [4.78, 5) is 26.0. The third-order valence-electron chi connectivity index (χ3n) is 5.34. The molecule has 2 aromatic rings. The third kappa shape index (κ3) is 6.25. The van der Waals surface area contributed by atoms with E-state index >= 15 is 0 Å². The summed E-state index contributed by atoms with van der Waals surface area (Å²) in [5.41, 5.74) is 1.70. The molecule has 0 radical (unpaired) electrons. The number of pyridine rings is 1. The lowest BCUT2D eigenvalue weighted by atomic mass is 9.80. The predicted molar refractivity (Wildman–Crippen MR) is 127 cm³/mol. The van der Waals surface area contributed by atoms with Crippen LogP contribution in [0, 0.1) is 5.82 Å². The second kappa shape index (κ2) is 12.5. The first kappa shape index (κ1) is 25.7. The Labute approximate surface area is 194 Å². The van der Waals surface area contributed by atoms with Crippen molar-refractivity contribution in [2.75, 3.05) is 12.1 Å². The number of halogens is 1. The molecule has 8 heteroatoms. The third-order valence-corrected chi connectivity index (χ3v) is 5.34.